The fourth-order valence-corrected chi connectivity index (χ4v) is 2.01. The molecular formula is C14H17FN2O2. The van der Waals surface area contributed by atoms with Crippen LogP contribution in [0.2, 0.25) is 0 Å². The van der Waals surface area contributed by atoms with E-state index in [2.05, 4.69) is 4.98 Å². The summed E-state index contributed by atoms with van der Waals surface area (Å²) in [7, 11) is 1.48. The van der Waals surface area contributed by atoms with E-state index >= 15 is 0 Å². The summed E-state index contributed by atoms with van der Waals surface area (Å²) in [6.07, 6.45) is 2.88. The molecule has 0 aliphatic carbocycles. The SMILES string of the molecule is CCn1ccnc1CC(O)c1ccc(OC)cc1F. The zero-order valence-corrected chi connectivity index (χ0v) is 11.0. The largest absolute Gasteiger partial charge is 0.497 e. The standard InChI is InChI=1S/C14H17FN2O2/c1-3-17-7-6-16-14(17)9-13(18)11-5-4-10(19-2)8-12(11)15/h4-8,13,18H,3,9H2,1-2H3. The fraction of sp³-hybridized carbons (Fsp3) is 0.357. The average molecular weight is 264 g/mol. The molecule has 0 amide bonds. The number of rotatable bonds is 5. The van der Waals surface area contributed by atoms with Crippen molar-refractivity contribution in [1.29, 1.82) is 0 Å². The molecule has 1 atom stereocenters. The highest BCUT2D eigenvalue weighted by Crippen LogP contribution is 2.24. The van der Waals surface area contributed by atoms with Crippen LogP contribution in [0.15, 0.2) is 30.6 Å². The molecule has 19 heavy (non-hydrogen) atoms. The van der Waals surface area contributed by atoms with Gasteiger partial charge in [0.25, 0.3) is 0 Å². The highest BCUT2D eigenvalue weighted by Gasteiger charge is 2.16. The molecule has 0 saturated carbocycles. The Labute approximate surface area is 111 Å². The Hall–Kier alpha value is -1.88. The van der Waals surface area contributed by atoms with Crippen molar-refractivity contribution in [1.82, 2.24) is 9.55 Å². The van der Waals surface area contributed by atoms with Crippen molar-refractivity contribution in [3.05, 3.63) is 47.8 Å². The summed E-state index contributed by atoms with van der Waals surface area (Å²) in [6, 6.07) is 4.44. The lowest BCUT2D eigenvalue weighted by atomic mass is 10.1. The van der Waals surface area contributed by atoms with Crippen LogP contribution in [-0.4, -0.2) is 21.8 Å². The minimum absolute atomic E-state index is 0.256. The number of aliphatic hydroxyl groups excluding tert-OH is 1. The number of halogens is 1. The topological polar surface area (TPSA) is 47.3 Å². The number of methoxy groups -OCH3 is 1. The van der Waals surface area contributed by atoms with Crippen LogP contribution in [0.4, 0.5) is 4.39 Å². The van der Waals surface area contributed by atoms with Gasteiger partial charge in [0.05, 0.1) is 13.2 Å². The van der Waals surface area contributed by atoms with Gasteiger partial charge in [-0.2, -0.15) is 0 Å². The van der Waals surface area contributed by atoms with E-state index in [-0.39, 0.29) is 12.0 Å². The van der Waals surface area contributed by atoms with Crippen LogP contribution in [0.1, 0.15) is 24.4 Å². The second kappa shape index (κ2) is 5.84. The highest BCUT2D eigenvalue weighted by molar-refractivity contribution is 5.30. The van der Waals surface area contributed by atoms with Gasteiger partial charge in [0.15, 0.2) is 0 Å². The first kappa shape index (κ1) is 13.5. The van der Waals surface area contributed by atoms with E-state index in [1.165, 1.54) is 19.2 Å². The first-order valence-electron chi connectivity index (χ1n) is 6.17. The van der Waals surface area contributed by atoms with Gasteiger partial charge >= 0.3 is 0 Å². The van der Waals surface area contributed by atoms with Gasteiger partial charge in [-0.1, -0.05) is 0 Å². The molecule has 1 heterocycles. The normalized spacial score (nSPS) is 12.4. The lowest BCUT2D eigenvalue weighted by Gasteiger charge is -2.13. The Morgan fingerprint density at radius 1 is 1.47 bits per heavy atom. The molecule has 5 heteroatoms. The number of hydrogen-bond donors (Lipinski definition) is 1. The third-order valence-electron chi connectivity index (χ3n) is 3.08. The Balaban J connectivity index is 2.18. The predicted octanol–water partition coefficient (Wildman–Crippen LogP) is 2.33. The van der Waals surface area contributed by atoms with E-state index < -0.39 is 11.9 Å². The van der Waals surface area contributed by atoms with E-state index in [9.17, 15) is 9.50 Å². The third-order valence-corrected chi connectivity index (χ3v) is 3.08. The first-order valence-corrected chi connectivity index (χ1v) is 6.17. The zero-order valence-electron chi connectivity index (χ0n) is 11.0. The number of aryl methyl sites for hydroxylation is 1. The van der Waals surface area contributed by atoms with Crippen molar-refractivity contribution in [3.8, 4) is 5.75 Å². The van der Waals surface area contributed by atoms with Gasteiger partial charge in [0.1, 0.15) is 17.4 Å². The fourth-order valence-electron chi connectivity index (χ4n) is 2.01. The summed E-state index contributed by atoms with van der Waals surface area (Å²) in [4.78, 5) is 4.17. The molecule has 0 aliphatic heterocycles. The Bertz CT molecular complexity index is 554. The molecule has 2 rings (SSSR count). The molecule has 1 unspecified atom stereocenters. The molecule has 1 aromatic carbocycles. The van der Waals surface area contributed by atoms with E-state index in [4.69, 9.17) is 4.74 Å². The Kier molecular flexibility index (Phi) is 4.16. The smallest absolute Gasteiger partial charge is 0.132 e. The molecule has 0 fully saturated rings. The second-order valence-corrected chi connectivity index (χ2v) is 4.24. The minimum atomic E-state index is -0.918. The van der Waals surface area contributed by atoms with Crippen LogP contribution in [0.3, 0.4) is 0 Å². The minimum Gasteiger partial charge on any atom is -0.497 e. The molecule has 2 aromatic rings. The number of imidazole rings is 1. The number of nitrogens with zero attached hydrogens (tertiary/aromatic N) is 2. The van der Waals surface area contributed by atoms with Crippen LogP contribution in [0.5, 0.6) is 5.75 Å². The highest BCUT2D eigenvalue weighted by atomic mass is 19.1. The van der Waals surface area contributed by atoms with Crippen LogP contribution in [-0.2, 0) is 13.0 Å². The Morgan fingerprint density at radius 2 is 2.26 bits per heavy atom. The van der Waals surface area contributed by atoms with Gasteiger partial charge in [0.2, 0.25) is 0 Å². The van der Waals surface area contributed by atoms with Crippen molar-refractivity contribution < 1.29 is 14.2 Å². The number of hydrogen-bond acceptors (Lipinski definition) is 3. The van der Waals surface area contributed by atoms with Crippen molar-refractivity contribution >= 4 is 0 Å². The summed E-state index contributed by atoms with van der Waals surface area (Å²) in [6.45, 7) is 2.76. The molecule has 1 N–H and O–H groups in total. The van der Waals surface area contributed by atoms with Crippen molar-refractivity contribution in [2.75, 3.05) is 7.11 Å². The number of aromatic nitrogens is 2. The van der Waals surface area contributed by atoms with Gasteiger partial charge in [-0.15, -0.1) is 0 Å². The third kappa shape index (κ3) is 2.93. The summed E-state index contributed by atoms with van der Waals surface area (Å²) in [5.41, 5.74) is 0.256. The average Bonchev–Trinajstić information content (AvgIpc) is 2.85. The van der Waals surface area contributed by atoms with Gasteiger partial charge in [-0.3, -0.25) is 0 Å². The second-order valence-electron chi connectivity index (χ2n) is 4.24. The van der Waals surface area contributed by atoms with E-state index in [0.717, 1.165) is 12.4 Å². The lowest BCUT2D eigenvalue weighted by Crippen LogP contribution is -2.09. The van der Waals surface area contributed by atoms with Crippen molar-refractivity contribution in [2.24, 2.45) is 0 Å². The zero-order chi connectivity index (χ0) is 13.8. The van der Waals surface area contributed by atoms with E-state index in [1.54, 1.807) is 12.3 Å². The molecule has 1 aromatic heterocycles. The van der Waals surface area contributed by atoms with Crippen LogP contribution >= 0.6 is 0 Å². The predicted molar refractivity (Wildman–Crippen MR) is 69.5 cm³/mol. The first-order chi connectivity index (χ1) is 9.15. The van der Waals surface area contributed by atoms with E-state index in [0.29, 0.717) is 5.75 Å². The maximum absolute atomic E-state index is 13.8. The number of ether oxygens (including phenoxy) is 1. The van der Waals surface area contributed by atoms with Crippen LogP contribution < -0.4 is 4.74 Å². The summed E-state index contributed by atoms with van der Waals surface area (Å²) in [5, 5.41) is 10.1. The number of aliphatic hydroxyl groups is 1. The maximum Gasteiger partial charge on any atom is 0.132 e. The van der Waals surface area contributed by atoms with Gasteiger partial charge in [0, 0.05) is 37.0 Å². The van der Waals surface area contributed by atoms with Crippen LogP contribution in [0, 0.1) is 5.82 Å². The van der Waals surface area contributed by atoms with Gasteiger partial charge < -0.3 is 14.4 Å². The number of benzene rings is 1. The molecule has 0 aliphatic rings. The molecule has 102 valence electrons. The van der Waals surface area contributed by atoms with Gasteiger partial charge in [-0.05, 0) is 19.1 Å². The maximum atomic E-state index is 13.8. The van der Waals surface area contributed by atoms with E-state index in [1.807, 2.05) is 17.7 Å². The molecule has 0 spiro atoms. The molecule has 0 saturated heterocycles. The Morgan fingerprint density at radius 3 is 2.89 bits per heavy atom. The molecule has 0 bridgehead atoms. The molecular weight excluding hydrogens is 247 g/mol. The molecule has 0 radical (unpaired) electrons. The van der Waals surface area contributed by atoms with Crippen LogP contribution in [0.25, 0.3) is 0 Å². The molecule has 4 nitrogen and oxygen atoms in total. The quantitative estimate of drug-likeness (QED) is 0.901. The summed E-state index contributed by atoms with van der Waals surface area (Å²) < 4.78 is 20.7. The summed E-state index contributed by atoms with van der Waals surface area (Å²) >= 11 is 0. The van der Waals surface area contributed by atoms with Gasteiger partial charge in [-0.25, -0.2) is 9.37 Å². The monoisotopic (exact) mass is 264 g/mol. The van der Waals surface area contributed by atoms with Crippen molar-refractivity contribution in [2.45, 2.75) is 26.0 Å². The summed E-state index contributed by atoms with van der Waals surface area (Å²) in [5.74, 6) is 0.704. The lowest BCUT2D eigenvalue weighted by molar-refractivity contribution is 0.169. The van der Waals surface area contributed by atoms with Crippen molar-refractivity contribution in [3.63, 3.8) is 0 Å².